The van der Waals surface area contributed by atoms with Crippen molar-refractivity contribution in [2.24, 2.45) is 0 Å². The maximum absolute atomic E-state index is 4.66. The lowest BCUT2D eigenvalue weighted by atomic mass is 9.88. The third-order valence-corrected chi connectivity index (χ3v) is 5.66. The Hall–Kier alpha value is -2.73. The average molecular weight is 360 g/mol. The standard InChI is InChI=1S/C21H24N6/c1-13(2)20-16-11-15(14-7-9-22-10-8-14)3-4-17(16)25-21(20)18-5-6-19-23-12-24-27(19)26-18/h3-6,11-14,22,25H,7-10H2,1-2H3. The van der Waals surface area contributed by atoms with Gasteiger partial charge in [0.1, 0.15) is 12.0 Å². The second-order valence-electron chi connectivity index (χ2n) is 7.72. The zero-order valence-electron chi connectivity index (χ0n) is 15.7. The van der Waals surface area contributed by atoms with E-state index in [2.05, 4.69) is 57.5 Å². The molecule has 3 aromatic heterocycles. The summed E-state index contributed by atoms with van der Waals surface area (Å²) in [6.45, 7) is 6.72. The van der Waals surface area contributed by atoms with Gasteiger partial charge in [-0.25, -0.2) is 4.98 Å². The van der Waals surface area contributed by atoms with E-state index in [4.69, 9.17) is 0 Å². The molecule has 0 atom stereocenters. The highest BCUT2D eigenvalue weighted by Crippen LogP contribution is 2.37. The first-order chi connectivity index (χ1) is 13.2. The van der Waals surface area contributed by atoms with Crippen molar-refractivity contribution in [3.8, 4) is 11.4 Å². The Kier molecular flexibility index (Phi) is 3.93. The molecule has 0 amide bonds. The number of fused-ring (bicyclic) bond motifs is 2. The van der Waals surface area contributed by atoms with E-state index in [9.17, 15) is 0 Å². The molecular weight excluding hydrogens is 336 g/mol. The molecule has 4 heterocycles. The fourth-order valence-electron chi connectivity index (χ4n) is 4.29. The van der Waals surface area contributed by atoms with Crippen molar-refractivity contribution < 1.29 is 0 Å². The topological polar surface area (TPSA) is 70.9 Å². The monoisotopic (exact) mass is 360 g/mol. The minimum absolute atomic E-state index is 0.394. The normalized spacial score (nSPS) is 16.0. The number of H-pyrrole nitrogens is 1. The fourth-order valence-corrected chi connectivity index (χ4v) is 4.29. The number of nitrogens with one attached hydrogen (secondary N) is 2. The smallest absolute Gasteiger partial charge is 0.176 e. The number of rotatable bonds is 3. The Morgan fingerprint density at radius 2 is 1.96 bits per heavy atom. The minimum atomic E-state index is 0.394. The van der Waals surface area contributed by atoms with Crippen LogP contribution in [0.5, 0.6) is 0 Å². The van der Waals surface area contributed by atoms with Crippen molar-refractivity contribution >= 4 is 16.6 Å². The van der Waals surface area contributed by atoms with Crippen molar-refractivity contribution in [1.82, 2.24) is 30.1 Å². The third-order valence-electron chi connectivity index (χ3n) is 5.66. The van der Waals surface area contributed by atoms with Gasteiger partial charge in [-0.3, -0.25) is 0 Å². The highest BCUT2D eigenvalue weighted by Gasteiger charge is 2.20. The predicted molar refractivity (Wildman–Crippen MR) is 107 cm³/mol. The maximum atomic E-state index is 4.66. The Labute approximate surface area is 158 Å². The molecule has 5 rings (SSSR count). The molecule has 6 nitrogen and oxygen atoms in total. The molecule has 1 aliphatic heterocycles. The maximum Gasteiger partial charge on any atom is 0.176 e. The van der Waals surface area contributed by atoms with Crippen molar-refractivity contribution in [3.05, 3.63) is 47.8 Å². The summed E-state index contributed by atoms with van der Waals surface area (Å²) in [6, 6.07) is 10.9. The van der Waals surface area contributed by atoms with Crippen LogP contribution in [0.3, 0.4) is 0 Å². The molecule has 2 N–H and O–H groups in total. The Bertz CT molecular complexity index is 1100. The van der Waals surface area contributed by atoms with Gasteiger partial charge < -0.3 is 10.3 Å². The first-order valence-electron chi connectivity index (χ1n) is 9.74. The van der Waals surface area contributed by atoms with E-state index in [1.807, 2.05) is 12.1 Å². The summed E-state index contributed by atoms with van der Waals surface area (Å²) in [5.41, 5.74) is 6.70. The van der Waals surface area contributed by atoms with Gasteiger partial charge in [0.2, 0.25) is 0 Å². The van der Waals surface area contributed by atoms with Gasteiger partial charge in [-0.15, -0.1) is 14.8 Å². The molecule has 0 bridgehead atoms. The molecule has 1 aromatic carbocycles. The molecule has 0 unspecified atom stereocenters. The Morgan fingerprint density at radius 3 is 2.78 bits per heavy atom. The molecular formula is C21H24N6. The third kappa shape index (κ3) is 2.80. The summed E-state index contributed by atoms with van der Waals surface area (Å²) < 4.78 is 1.59. The lowest BCUT2D eigenvalue weighted by molar-refractivity contribution is 0.460. The number of hydrogen-bond acceptors (Lipinski definition) is 4. The van der Waals surface area contributed by atoms with Crippen LogP contribution in [0.1, 0.15) is 49.7 Å². The zero-order valence-corrected chi connectivity index (χ0v) is 15.7. The molecule has 1 saturated heterocycles. The predicted octanol–water partition coefficient (Wildman–Crippen LogP) is 3.86. The second kappa shape index (κ2) is 6.46. The van der Waals surface area contributed by atoms with E-state index in [1.165, 1.54) is 41.2 Å². The fraction of sp³-hybridized carbons (Fsp3) is 0.381. The van der Waals surface area contributed by atoms with Crippen molar-refractivity contribution in [1.29, 1.82) is 0 Å². The summed E-state index contributed by atoms with van der Waals surface area (Å²) in [7, 11) is 0. The van der Waals surface area contributed by atoms with Gasteiger partial charge in [0.05, 0.1) is 5.69 Å². The molecule has 1 fully saturated rings. The molecule has 4 aromatic rings. The lowest BCUT2D eigenvalue weighted by Crippen LogP contribution is -2.26. The Balaban J connectivity index is 1.66. The highest BCUT2D eigenvalue weighted by molar-refractivity contribution is 5.91. The Morgan fingerprint density at radius 1 is 1.11 bits per heavy atom. The molecule has 27 heavy (non-hydrogen) atoms. The van der Waals surface area contributed by atoms with E-state index in [0.717, 1.165) is 30.1 Å². The quantitative estimate of drug-likeness (QED) is 0.582. The van der Waals surface area contributed by atoms with Crippen LogP contribution >= 0.6 is 0 Å². The number of piperidine rings is 1. The van der Waals surface area contributed by atoms with Gasteiger partial charge in [-0.05, 0) is 73.2 Å². The van der Waals surface area contributed by atoms with Gasteiger partial charge in [0.15, 0.2) is 5.65 Å². The second-order valence-corrected chi connectivity index (χ2v) is 7.72. The van der Waals surface area contributed by atoms with Crippen LogP contribution in [0, 0.1) is 0 Å². The number of nitrogens with zero attached hydrogens (tertiary/aromatic N) is 4. The number of hydrogen-bond donors (Lipinski definition) is 2. The summed E-state index contributed by atoms with van der Waals surface area (Å²) in [6.07, 6.45) is 3.96. The molecule has 6 heteroatoms. The van der Waals surface area contributed by atoms with E-state index in [1.54, 1.807) is 4.63 Å². The largest absolute Gasteiger partial charge is 0.353 e. The van der Waals surface area contributed by atoms with Crippen LogP contribution in [0.25, 0.3) is 27.9 Å². The number of benzene rings is 1. The zero-order chi connectivity index (χ0) is 18.4. The van der Waals surface area contributed by atoms with Crippen LogP contribution in [0.15, 0.2) is 36.7 Å². The first kappa shape index (κ1) is 16.4. The first-order valence-corrected chi connectivity index (χ1v) is 9.74. The van der Waals surface area contributed by atoms with E-state index < -0.39 is 0 Å². The van der Waals surface area contributed by atoms with Gasteiger partial charge in [0, 0.05) is 10.9 Å². The summed E-state index contributed by atoms with van der Waals surface area (Å²) >= 11 is 0. The van der Waals surface area contributed by atoms with Crippen LogP contribution in [0.4, 0.5) is 0 Å². The molecule has 0 aliphatic carbocycles. The van der Waals surface area contributed by atoms with Gasteiger partial charge in [0.25, 0.3) is 0 Å². The van der Waals surface area contributed by atoms with Gasteiger partial charge in [-0.2, -0.15) is 0 Å². The van der Waals surface area contributed by atoms with E-state index >= 15 is 0 Å². The van der Waals surface area contributed by atoms with Crippen LogP contribution in [-0.2, 0) is 0 Å². The summed E-state index contributed by atoms with van der Waals surface area (Å²) in [4.78, 5) is 7.80. The molecule has 138 valence electrons. The van der Waals surface area contributed by atoms with Crippen LogP contribution < -0.4 is 5.32 Å². The highest BCUT2D eigenvalue weighted by atomic mass is 15.4. The van der Waals surface area contributed by atoms with E-state index in [0.29, 0.717) is 11.8 Å². The molecule has 0 saturated carbocycles. The molecule has 1 aliphatic rings. The number of aromatic amines is 1. The lowest BCUT2D eigenvalue weighted by Gasteiger charge is -2.23. The van der Waals surface area contributed by atoms with E-state index in [-0.39, 0.29) is 0 Å². The van der Waals surface area contributed by atoms with Gasteiger partial charge in [-0.1, -0.05) is 19.9 Å². The van der Waals surface area contributed by atoms with Gasteiger partial charge >= 0.3 is 0 Å². The van der Waals surface area contributed by atoms with Crippen LogP contribution in [-0.4, -0.2) is 37.9 Å². The molecule has 0 radical (unpaired) electrons. The number of aromatic nitrogens is 5. The summed E-state index contributed by atoms with van der Waals surface area (Å²) in [5.74, 6) is 1.05. The average Bonchev–Trinajstić information content (AvgIpc) is 3.31. The molecule has 0 spiro atoms. The van der Waals surface area contributed by atoms with Crippen LogP contribution in [0.2, 0.25) is 0 Å². The summed E-state index contributed by atoms with van der Waals surface area (Å²) in [5, 5.41) is 13.6. The van der Waals surface area contributed by atoms with Crippen molar-refractivity contribution in [2.45, 2.75) is 38.5 Å². The SMILES string of the molecule is CC(C)c1c(-c2ccc3ncnn3n2)[nH]c2ccc(C3CCNCC3)cc12. The minimum Gasteiger partial charge on any atom is -0.353 e. The van der Waals surface area contributed by atoms with Crippen molar-refractivity contribution in [3.63, 3.8) is 0 Å². The van der Waals surface area contributed by atoms with Crippen molar-refractivity contribution in [2.75, 3.05) is 13.1 Å².